The summed E-state index contributed by atoms with van der Waals surface area (Å²) in [6.45, 7) is 4.76. The summed E-state index contributed by atoms with van der Waals surface area (Å²) in [5.41, 5.74) is 1.43. The summed E-state index contributed by atoms with van der Waals surface area (Å²) in [6.07, 6.45) is 0. The molecule has 1 aromatic carbocycles. The summed E-state index contributed by atoms with van der Waals surface area (Å²) >= 11 is 0. The Morgan fingerprint density at radius 3 is 2.68 bits per heavy atom. The SMILES string of the molecule is COCC(=O)Nc1cccc(NCC(C)(C)CO)c1. The minimum absolute atomic E-state index is 0.0369. The molecule has 19 heavy (non-hydrogen) atoms. The predicted octanol–water partition coefficient (Wildman–Crippen LogP) is 1.70. The third kappa shape index (κ3) is 5.72. The van der Waals surface area contributed by atoms with Gasteiger partial charge >= 0.3 is 0 Å². The zero-order valence-corrected chi connectivity index (χ0v) is 11.7. The highest BCUT2D eigenvalue weighted by Crippen LogP contribution is 2.18. The maximum absolute atomic E-state index is 11.4. The molecule has 5 heteroatoms. The Kier molecular flexibility index (Phi) is 5.79. The van der Waals surface area contributed by atoms with E-state index in [9.17, 15) is 9.90 Å². The van der Waals surface area contributed by atoms with Gasteiger partial charge in [-0.1, -0.05) is 19.9 Å². The molecule has 0 bridgehead atoms. The molecule has 0 radical (unpaired) electrons. The van der Waals surface area contributed by atoms with Crippen LogP contribution in [0.5, 0.6) is 0 Å². The first-order chi connectivity index (χ1) is 8.96. The van der Waals surface area contributed by atoms with Crippen molar-refractivity contribution >= 4 is 17.3 Å². The van der Waals surface area contributed by atoms with Crippen LogP contribution in [0.3, 0.4) is 0 Å². The molecule has 0 atom stereocenters. The monoisotopic (exact) mass is 266 g/mol. The van der Waals surface area contributed by atoms with E-state index in [0.717, 1.165) is 5.69 Å². The fraction of sp³-hybridized carbons (Fsp3) is 0.500. The van der Waals surface area contributed by atoms with Crippen LogP contribution in [0.25, 0.3) is 0 Å². The van der Waals surface area contributed by atoms with Crippen LogP contribution in [-0.4, -0.2) is 37.9 Å². The molecular formula is C14H22N2O3. The maximum Gasteiger partial charge on any atom is 0.250 e. The molecule has 5 nitrogen and oxygen atoms in total. The van der Waals surface area contributed by atoms with Crippen LogP contribution in [0.2, 0.25) is 0 Å². The molecule has 0 spiro atoms. The normalized spacial score (nSPS) is 11.2. The number of ether oxygens (including phenoxy) is 1. The Bertz CT molecular complexity index is 419. The number of methoxy groups -OCH3 is 1. The average molecular weight is 266 g/mol. The molecule has 0 aliphatic heterocycles. The number of hydrogen-bond donors (Lipinski definition) is 3. The van der Waals surface area contributed by atoms with Crippen LogP contribution in [0.1, 0.15) is 13.8 Å². The highest BCUT2D eigenvalue weighted by molar-refractivity contribution is 5.92. The topological polar surface area (TPSA) is 70.6 Å². The number of carbonyl (C=O) groups excluding carboxylic acids is 1. The third-order valence-electron chi connectivity index (χ3n) is 2.62. The van der Waals surface area contributed by atoms with Crippen LogP contribution < -0.4 is 10.6 Å². The van der Waals surface area contributed by atoms with Gasteiger partial charge in [-0.05, 0) is 18.2 Å². The van der Waals surface area contributed by atoms with E-state index in [4.69, 9.17) is 4.74 Å². The van der Waals surface area contributed by atoms with E-state index in [0.29, 0.717) is 12.2 Å². The summed E-state index contributed by atoms with van der Waals surface area (Å²) in [5, 5.41) is 15.2. The molecule has 1 rings (SSSR count). The zero-order valence-electron chi connectivity index (χ0n) is 11.7. The van der Waals surface area contributed by atoms with Gasteiger partial charge in [-0.2, -0.15) is 0 Å². The smallest absolute Gasteiger partial charge is 0.250 e. The average Bonchev–Trinajstić information content (AvgIpc) is 2.37. The summed E-state index contributed by atoms with van der Waals surface area (Å²) < 4.78 is 4.76. The van der Waals surface area contributed by atoms with Crippen molar-refractivity contribution < 1.29 is 14.6 Å². The van der Waals surface area contributed by atoms with Gasteiger partial charge in [-0.25, -0.2) is 0 Å². The molecule has 0 aliphatic carbocycles. The predicted molar refractivity (Wildman–Crippen MR) is 76.3 cm³/mol. The summed E-state index contributed by atoms with van der Waals surface area (Å²) in [7, 11) is 1.48. The lowest BCUT2D eigenvalue weighted by Gasteiger charge is -2.22. The van der Waals surface area contributed by atoms with Crippen molar-refractivity contribution in [1.82, 2.24) is 0 Å². The lowest BCUT2D eigenvalue weighted by molar-refractivity contribution is -0.119. The number of hydrogen-bond acceptors (Lipinski definition) is 4. The molecule has 106 valence electrons. The fourth-order valence-corrected chi connectivity index (χ4v) is 1.43. The molecule has 0 fully saturated rings. The first-order valence-corrected chi connectivity index (χ1v) is 6.20. The van der Waals surface area contributed by atoms with E-state index >= 15 is 0 Å². The van der Waals surface area contributed by atoms with Crippen molar-refractivity contribution in [3.8, 4) is 0 Å². The van der Waals surface area contributed by atoms with Gasteiger partial charge in [-0.3, -0.25) is 4.79 Å². The summed E-state index contributed by atoms with van der Waals surface area (Å²) in [6, 6.07) is 7.44. The molecule has 0 heterocycles. The first-order valence-electron chi connectivity index (χ1n) is 6.20. The van der Waals surface area contributed by atoms with Crippen molar-refractivity contribution in [3.63, 3.8) is 0 Å². The number of rotatable bonds is 7. The van der Waals surface area contributed by atoms with Crippen molar-refractivity contribution in [2.75, 3.05) is 37.5 Å². The van der Waals surface area contributed by atoms with Crippen molar-refractivity contribution in [2.45, 2.75) is 13.8 Å². The van der Waals surface area contributed by atoms with Gasteiger partial charge in [-0.15, -0.1) is 0 Å². The standard InChI is InChI=1S/C14H22N2O3/c1-14(2,10-17)9-15-11-5-4-6-12(7-11)16-13(18)8-19-3/h4-7,15,17H,8-10H2,1-3H3,(H,16,18). The Morgan fingerprint density at radius 2 is 2.05 bits per heavy atom. The van der Waals surface area contributed by atoms with Gasteiger partial charge in [0.2, 0.25) is 5.91 Å². The van der Waals surface area contributed by atoms with Crippen molar-refractivity contribution in [2.24, 2.45) is 5.41 Å². The van der Waals surface area contributed by atoms with E-state index in [-0.39, 0.29) is 24.5 Å². The Balaban J connectivity index is 2.59. The number of amides is 1. The number of benzene rings is 1. The first kappa shape index (κ1) is 15.5. The van der Waals surface area contributed by atoms with Crippen LogP contribution in [0.4, 0.5) is 11.4 Å². The van der Waals surface area contributed by atoms with Crippen LogP contribution in [0.15, 0.2) is 24.3 Å². The number of carbonyl (C=O) groups is 1. The van der Waals surface area contributed by atoms with Gasteiger partial charge in [0.15, 0.2) is 0 Å². The van der Waals surface area contributed by atoms with Gasteiger partial charge in [0.05, 0.1) is 0 Å². The lowest BCUT2D eigenvalue weighted by atomic mass is 9.95. The van der Waals surface area contributed by atoms with Gasteiger partial charge < -0.3 is 20.5 Å². The van der Waals surface area contributed by atoms with Gasteiger partial charge in [0.25, 0.3) is 0 Å². The molecule has 0 unspecified atom stereocenters. The Labute approximate surface area is 114 Å². The molecule has 1 amide bonds. The summed E-state index contributed by atoms with van der Waals surface area (Å²) in [4.78, 5) is 11.4. The van der Waals surface area contributed by atoms with Crippen LogP contribution >= 0.6 is 0 Å². The minimum Gasteiger partial charge on any atom is -0.396 e. The van der Waals surface area contributed by atoms with Crippen molar-refractivity contribution in [1.29, 1.82) is 0 Å². The van der Waals surface area contributed by atoms with Crippen molar-refractivity contribution in [3.05, 3.63) is 24.3 Å². The van der Waals surface area contributed by atoms with Gasteiger partial charge in [0.1, 0.15) is 6.61 Å². The number of aliphatic hydroxyl groups is 1. The third-order valence-corrected chi connectivity index (χ3v) is 2.62. The summed E-state index contributed by atoms with van der Waals surface area (Å²) in [5.74, 6) is -0.185. The number of aliphatic hydroxyl groups excluding tert-OH is 1. The van der Waals surface area contributed by atoms with E-state index < -0.39 is 0 Å². The van der Waals surface area contributed by atoms with E-state index in [2.05, 4.69) is 10.6 Å². The second kappa shape index (κ2) is 7.11. The van der Waals surface area contributed by atoms with E-state index in [1.807, 2.05) is 38.1 Å². The molecule has 0 aromatic heterocycles. The second-order valence-electron chi connectivity index (χ2n) is 5.24. The highest BCUT2D eigenvalue weighted by atomic mass is 16.5. The Morgan fingerprint density at radius 1 is 1.37 bits per heavy atom. The molecule has 0 saturated carbocycles. The lowest BCUT2D eigenvalue weighted by Crippen LogP contribution is -2.26. The number of anilines is 2. The number of nitrogens with one attached hydrogen (secondary N) is 2. The highest BCUT2D eigenvalue weighted by Gasteiger charge is 2.15. The maximum atomic E-state index is 11.4. The Hall–Kier alpha value is -1.59. The van der Waals surface area contributed by atoms with E-state index in [1.165, 1.54) is 7.11 Å². The quantitative estimate of drug-likeness (QED) is 0.702. The largest absolute Gasteiger partial charge is 0.396 e. The molecule has 0 saturated heterocycles. The minimum atomic E-state index is -0.185. The van der Waals surface area contributed by atoms with Gasteiger partial charge in [0, 0.05) is 37.1 Å². The molecule has 1 aromatic rings. The zero-order chi connectivity index (χ0) is 14.3. The van der Waals surface area contributed by atoms with Crippen LogP contribution in [-0.2, 0) is 9.53 Å². The van der Waals surface area contributed by atoms with E-state index in [1.54, 1.807) is 0 Å². The molecular weight excluding hydrogens is 244 g/mol. The molecule has 3 N–H and O–H groups in total. The second-order valence-corrected chi connectivity index (χ2v) is 5.24. The fourth-order valence-electron chi connectivity index (χ4n) is 1.43. The van der Waals surface area contributed by atoms with Crippen LogP contribution in [0, 0.1) is 5.41 Å². The molecule has 0 aliphatic rings.